The third kappa shape index (κ3) is 15.3. The van der Waals surface area contributed by atoms with Crippen LogP contribution in [0.5, 0.6) is 0 Å². The Bertz CT molecular complexity index is 883. The molecule has 0 rings (SSSR count). The number of amides is 5. The van der Waals surface area contributed by atoms with Crippen LogP contribution in [-0.2, 0) is 28.8 Å². The van der Waals surface area contributed by atoms with E-state index in [0.717, 1.165) is 0 Å². The summed E-state index contributed by atoms with van der Waals surface area (Å²) in [6.07, 6.45) is 3.02. The first kappa shape index (κ1) is 38.4. The molecule has 15 nitrogen and oxygen atoms in total. The molecule has 0 aliphatic carbocycles. The van der Waals surface area contributed by atoms with Crippen molar-refractivity contribution in [2.24, 2.45) is 17.2 Å². The first-order chi connectivity index (χ1) is 19.3. The molecule has 0 aromatic heterocycles. The molecule has 236 valence electrons. The van der Waals surface area contributed by atoms with Crippen molar-refractivity contribution in [3.8, 4) is 0 Å². The van der Waals surface area contributed by atoms with Gasteiger partial charge in [0.15, 0.2) is 0 Å². The number of carbonyl (C=O) groups is 6. The Labute approximate surface area is 251 Å². The summed E-state index contributed by atoms with van der Waals surface area (Å²) in [6.45, 7) is 3.61. The molecule has 6 atom stereocenters. The molecule has 0 saturated heterocycles. The first-order valence-electron chi connectivity index (χ1n) is 13.4. The number of unbranched alkanes of at least 4 members (excludes halogenated alkanes) is 2. The van der Waals surface area contributed by atoms with Crippen LogP contribution in [0.1, 0.15) is 52.4 Å². The van der Waals surface area contributed by atoms with Gasteiger partial charge in [0.25, 0.3) is 0 Å². The highest BCUT2D eigenvalue weighted by atomic mass is 32.1. The molecule has 0 aliphatic heterocycles. The molecule has 0 aliphatic rings. The molecular weight excluding hydrogens is 576 g/mol. The standard InChI is InChI=1S/C24H46N8O7S2/c1-13(29-22(36)17(11-40)32-21(35)15(27)7-3-5-9-25)19(33)28-14(2)20(34)31-18(12-41)23(37)30-16(24(38)39)8-4-6-10-26/h13-18,40-41H,3-12,25-27H2,1-2H3,(H,28,33)(H,29,36)(H,30,37)(H,31,34)(H,32,35)(H,38,39)/t13-,14-,15-,16-,17-,18-/m0/s1. The Morgan fingerprint density at radius 3 is 1.46 bits per heavy atom. The van der Waals surface area contributed by atoms with Gasteiger partial charge in [-0.3, -0.25) is 24.0 Å². The van der Waals surface area contributed by atoms with Crippen LogP contribution >= 0.6 is 25.3 Å². The number of hydrogen-bond acceptors (Lipinski definition) is 11. The van der Waals surface area contributed by atoms with Crippen molar-refractivity contribution in [2.75, 3.05) is 24.6 Å². The van der Waals surface area contributed by atoms with E-state index in [2.05, 4.69) is 51.8 Å². The molecule has 0 unspecified atom stereocenters. The van der Waals surface area contributed by atoms with Crippen molar-refractivity contribution in [1.82, 2.24) is 26.6 Å². The number of thiol groups is 2. The van der Waals surface area contributed by atoms with E-state index in [0.29, 0.717) is 45.2 Å². The Kier molecular flexibility index (Phi) is 19.8. The molecule has 0 fully saturated rings. The predicted octanol–water partition coefficient (Wildman–Crippen LogP) is -3.02. The lowest BCUT2D eigenvalue weighted by molar-refractivity contribution is -0.142. The zero-order valence-electron chi connectivity index (χ0n) is 23.6. The lowest BCUT2D eigenvalue weighted by Gasteiger charge is -2.24. The van der Waals surface area contributed by atoms with Crippen LogP contribution in [0.25, 0.3) is 0 Å². The highest BCUT2D eigenvalue weighted by Crippen LogP contribution is 2.03. The molecular formula is C24H46N8O7S2. The molecule has 0 aromatic carbocycles. The number of nitrogens with two attached hydrogens (primary N) is 3. The summed E-state index contributed by atoms with van der Waals surface area (Å²) >= 11 is 8.15. The summed E-state index contributed by atoms with van der Waals surface area (Å²) in [5, 5.41) is 21.5. The van der Waals surface area contributed by atoms with Gasteiger partial charge >= 0.3 is 5.97 Å². The second kappa shape index (κ2) is 21.2. The predicted molar refractivity (Wildman–Crippen MR) is 160 cm³/mol. The van der Waals surface area contributed by atoms with Crippen molar-refractivity contribution in [2.45, 2.75) is 88.6 Å². The van der Waals surface area contributed by atoms with Gasteiger partial charge in [0.2, 0.25) is 29.5 Å². The van der Waals surface area contributed by atoms with Gasteiger partial charge < -0.3 is 48.9 Å². The molecule has 5 amide bonds. The maximum absolute atomic E-state index is 12.6. The summed E-state index contributed by atoms with van der Waals surface area (Å²) in [4.78, 5) is 74.2. The number of hydrogen-bond donors (Lipinski definition) is 11. The fourth-order valence-electron chi connectivity index (χ4n) is 3.41. The monoisotopic (exact) mass is 622 g/mol. The molecule has 0 radical (unpaired) electrons. The zero-order chi connectivity index (χ0) is 31.5. The van der Waals surface area contributed by atoms with E-state index >= 15 is 0 Å². The second-order valence-corrected chi connectivity index (χ2v) is 10.3. The van der Waals surface area contributed by atoms with E-state index in [1.807, 2.05) is 0 Å². The van der Waals surface area contributed by atoms with E-state index < -0.39 is 71.8 Å². The summed E-state index contributed by atoms with van der Waals surface area (Å²) < 4.78 is 0. The van der Waals surface area contributed by atoms with Crippen LogP contribution in [0.15, 0.2) is 0 Å². The average Bonchev–Trinajstić information content (AvgIpc) is 2.93. The summed E-state index contributed by atoms with van der Waals surface area (Å²) in [5.74, 6) is -4.80. The quantitative estimate of drug-likeness (QED) is 0.0456. The van der Waals surface area contributed by atoms with Crippen molar-refractivity contribution < 1.29 is 33.9 Å². The number of carboxylic acids is 1. The maximum atomic E-state index is 12.6. The van der Waals surface area contributed by atoms with Crippen LogP contribution in [0.2, 0.25) is 0 Å². The van der Waals surface area contributed by atoms with Gasteiger partial charge in [-0.25, -0.2) is 4.79 Å². The van der Waals surface area contributed by atoms with Gasteiger partial charge in [-0.15, -0.1) is 0 Å². The fourth-order valence-corrected chi connectivity index (χ4v) is 3.92. The first-order valence-corrected chi connectivity index (χ1v) is 14.7. The maximum Gasteiger partial charge on any atom is 0.326 e. The average molecular weight is 623 g/mol. The van der Waals surface area contributed by atoms with Gasteiger partial charge in [0, 0.05) is 11.5 Å². The molecule has 0 heterocycles. The minimum atomic E-state index is -1.22. The molecule has 0 bridgehead atoms. The lowest BCUT2D eigenvalue weighted by Crippen LogP contribution is -2.58. The van der Waals surface area contributed by atoms with E-state index in [-0.39, 0.29) is 17.9 Å². The number of aliphatic carboxylic acids is 1. The largest absolute Gasteiger partial charge is 0.480 e. The van der Waals surface area contributed by atoms with Gasteiger partial charge in [0.1, 0.15) is 30.2 Å². The van der Waals surface area contributed by atoms with Crippen molar-refractivity contribution in [1.29, 1.82) is 0 Å². The minimum Gasteiger partial charge on any atom is -0.480 e. The number of nitrogens with one attached hydrogen (secondary N) is 5. The van der Waals surface area contributed by atoms with E-state index in [1.165, 1.54) is 13.8 Å². The zero-order valence-corrected chi connectivity index (χ0v) is 25.3. The fraction of sp³-hybridized carbons (Fsp3) is 0.750. The van der Waals surface area contributed by atoms with Crippen molar-refractivity contribution in [3.63, 3.8) is 0 Å². The van der Waals surface area contributed by atoms with E-state index in [9.17, 15) is 33.9 Å². The Balaban J connectivity index is 4.93. The molecule has 12 N–H and O–H groups in total. The van der Waals surface area contributed by atoms with E-state index in [1.54, 1.807) is 0 Å². The summed E-state index contributed by atoms with van der Waals surface area (Å²) in [6, 6.07) is -6.42. The second-order valence-electron chi connectivity index (χ2n) is 9.52. The van der Waals surface area contributed by atoms with Crippen LogP contribution in [0.4, 0.5) is 0 Å². The highest BCUT2D eigenvalue weighted by molar-refractivity contribution is 7.80. The topological polar surface area (TPSA) is 261 Å². The Hall–Kier alpha value is -2.60. The summed E-state index contributed by atoms with van der Waals surface area (Å²) in [5.41, 5.74) is 16.7. The third-order valence-corrected chi connectivity index (χ3v) is 6.73. The van der Waals surface area contributed by atoms with Crippen LogP contribution in [0, 0.1) is 0 Å². The van der Waals surface area contributed by atoms with Crippen LogP contribution < -0.4 is 43.8 Å². The van der Waals surface area contributed by atoms with Gasteiger partial charge in [-0.2, -0.15) is 25.3 Å². The minimum absolute atomic E-state index is 0.0524. The summed E-state index contributed by atoms with van der Waals surface area (Å²) in [7, 11) is 0. The van der Waals surface area contributed by atoms with E-state index in [4.69, 9.17) is 17.2 Å². The van der Waals surface area contributed by atoms with Gasteiger partial charge in [-0.05, 0) is 59.0 Å². The molecule has 0 aromatic rings. The smallest absolute Gasteiger partial charge is 0.326 e. The Morgan fingerprint density at radius 1 is 0.610 bits per heavy atom. The van der Waals surface area contributed by atoms with Gasteiger partial charge in [0.05, 0.1) is 6.04 Å². The Morgan fingerprint density at radius 2 is 1.00 bits per heavy atom. The number of carbonyl (C=O) groups excluding carboxylic acids is 5. The SMILES string of the molecule is C[C@H](NC(=O)[C@H](C)NC(=O)[C@H](CS)NC(=O)[C@@H](N)CCCCN)C(=O)N[C@@H](CS)C(=O)N[C@@H](CCCCN)C(=O)O. The molecule has 0 spiro atoms. The third-order valence-electron chi connectivity index (χ3n) is 6.00. The van der Waals surface area contributed by atoms with Crippen LogP contribution in [-0.4, -0.2) is 101 Å². The van der Waals surface area contributed by atoms with Crippen LogP contribution in [0.3, 0.4) is 0 Å². The number of rotatable bonds is 21. The number of carboxylic acid groups (broad SMARTS) is 1. The highest BCUT2D eigenvalue weighted by Gasteiger charge is 2.29. The van der Waals surface area contributed by atoms with Crippen molar-refractivity contribution in [3.05, 3.63) is 0 Å². The molecule has 17 heteroatoms. The van der Waals surface area contributed by atoms with Gasteiger partial charge in [-0.1, -0.05) is 6.42 Å². The lowest BCUT2D eigenvalue weighted by atomic mass is 10.1. The van der Waals surface area contributed by atoms with Crippen molar-refractivity contribution >= 4 is 60.8 Å². The normalized spacial score (nSPS) is 15.3. The molecule has 41 heavy (non-hydrogen) atoms. The molecule has 0 saturated carbocycles.